The van der Waals surface area contributed by atoms with Gasteiger partial charge in [-0.05, 0) is 36.7 Å². The molecule has 0 aliphatic carbocycles. The smallest absolute Gasteiger partial charge is 0.290 e. The topological polar surface area (TPSA) is 76.3 Å². The van der Waals surface area contributed by atoms with E-state index in [0.29, 0.717) is 19.4 Å². The fourth-order valence-corrected chi connectivity index (χ4v) is 2.87. The second kappa shape index (κ2) is 6.84. The number of piperidine rings is 1. The number of thioether (sulfide) groups is 1. The highest BCUT2D eigenvalue weighted by Crippen LogP contribution is 2.28. The lowest BCUT2D eigenvalue weighted by Crippen LogP contribution is -2.44. The van der Waals surface area contributed by atoms with Gasteiger partial charge in [-0.2, -0.15) is 8.78 Å². The number of nitrogens with zero attached hydrogens (tertiary/aromatic N) is 2. The summed E-state index contributed by atoms with van der Waals surface area (Å²) in [5, 5.41) is -0.00121. The van der Waals surface area contributed by atoms with E-state index in [2.05, 4.69) is 4.98 Å². The van der Waals surface area contributed by atoms with Crippen LogP contribution in [0.2, 0.25) is 0 Å². The van der Waals surface area contributed by atoms with E-state index in [1.54, 1.807) is 0 Å². The van der Waals surface area contributed by atoms with Gasteiger partial charge in [0.25, 0.3) is 11.7 Å². The van der Waals surface area contributed by atoms with Gasteiger partial charge in [-0.15, -0.1) is 0 Å². The Morgan fingerprint density at radius 2 is 2.24 bits per heavy atom. The monoisotopic (exact) mass is 315 g/mol. The predicted molar refractivity (Wildman–Crippen MR) is 73.9 cm³/mol. The summed E-state index contributed by atoms with van der Waals surface area (Å²) in [6.45, 7) is 0.706. The van der Waals surface area contributed by atoms with Crippen molar-refractivity contribution in [3.63, 3.8) is 0 Å². The van der Waals surface area contributed by atoms with E-state index in [9.17, 15) is 18.4 Å². The van der Waals surface area contributed by atoms with Gasteiger partial charge in [0.15, 0.2) is 0 Å². The van der Waals surface area contributed by atoms with Crippen LogP contribution in [0.15, 0.2) is 23.4 Å². The molecule has 21 heavy (non-hydrogen) atoms. The van der Waals surface area contributed by atoms with Gasteiger partial charge in [0.2, 0.25) is 5.91 Å². The maximum Gasteiger partial charge on any atom is 0.290 e. The molecule has 2 amide bonds. The summed E-state index contributed by atoms with van der Waals surface area (Å²) < 4.78 is 25.0. The van der Waals surface area contributed by atoms with E-state index in [-0.39, 0.29) is 34.8 Å². The van der Waals surface area contributed by atoms with Crippen molar-refractivity contribution < 1.29 is 18.4 Å². The number of likely N-dealkylation sites (tertiary alicyclic amines) is 1. The first kappa shape index (κ1) is 15.7. The normalized spacial score (nSPS) is 18.8. The zero-order valence-corrected chi connectivity index (χ0v) is 12.0. The third kappa shape index (κ3) is 3.90. The van der Waals surface area contributed by atoms with E-state index in [1.165, 1.54) is 23.2 Å². The lowest BCUT2D eigenvalue weighted by atomic mass is 9.97. The van der Waals surface area contributed by atoms with Crippen molar-refractivity contribution in [2.45, 2.75) is 23.6 Å². The molecular weight excluding hydrogens is 300 g/mol. The Labute approximate surface area is 124 Å². The molecule has 1 aromatic heterocycles. The Kier molecular flexibility index (Phi) is 5.11. The lowest BCUT2D eigenvalue weighted by Gasteiger charge is -2.31. The molecule has 2 rings (SSSR count). The number of primary amides is 1. The third-order valence-electron chi connectivity index (χ3n) is 3.31. The van der Waals surface area contributed by atoms with Gasteiger partial charge in [0.05, 0.1) is 11.5 Å². The third-order valence-corrected chi connectivity index (χ3v) is 4.04. The van der Waals surface area contributed by atoms with Crippen molar-refractivity contribution >= 4 is 23.6 Å². The summed E-state index contributed by atoms with van der Waals surface area (Å²) in [7, 11) is 0. The van der Waals surface area contributed by atoms with Crippen LogP contribution in [0.1, 0.15) is 23.2 Å². The first-order valence-electron chi connectivity index (χ1n) is 6.47. The zero-order valence-electron chi connectivity index (χ0n) is 11.2. The molecule has 0 saturated carbocycles. The van der Waals surface area contributed by atoms with E-state index in [0.717, 1.165) is 0 Å². The van der Waals surface area contributed by atoms with Gasteiger partial charge < -0.3 is 10.6 Å². The van der Waals surface area contributed by atoms with E-state index >= 15 is 0 Å². The molecule has 0 bridgehead atoms. The van der Waals surface area contributed by atoms with Gasteiger partial charge in [0.1, 0.15) is 5.03 Å². The van der Waals surface area contributed by atoms with Crippen molar-refractivity contribution in [3.8, 4) is 0 Å². The number of carbonyl (C=O) groups is 2. The Balaban J connectivity index is 2.18. The average Bonchev–Trinajstić information content (AvgIpc) is 2.46. The molecule has 1 atom stereocenters. The second-order valence-electron chi connectivity index (χ2n) is 4.73. The molecule has 1 aliphatic heterocycles. The highest BCUT2D eigenvalue weighted by Gasteiger charge is 2.29. The molecule has 1 aliphatic rings. The van der Waals surface area contributed by atoms with Crippen LogP contribution < -0.4 is 5.73 Å². The molecule has 1 saturated heterocycles. The first-order valence-corrected chi connectivity index (χ1v) is 7.35. The lowest BCUT2D eigenvalue weighted by molar-refractivity contribution is -0.123. The van der Waals surface area contributed by atoms with Crippen molar-refractivity contribution in [2.75, 3.05) is 13.1 Å². The highest BCUT2D eigenvalue weighted by atomic mass is 32.2. The summed E-state index contributed by atoms with van der Waals surface area (Å²) in [6, 6.07) is 2.99. The van der Waals surface area contributed by atoms with Crippen LogP contribution in [0.25, 0.3) is 0 Å². The molecule has 0 aromatic carbocycles. The van der Waals surface area contributed by atoms with E-state index < -0.39 is 17.6 Å². The van der Waals surface area contributed by atoms with E-state index in [4.69, 9.17) is 5.73 Å². The summed E-state index contributed by atoms with van der Waals surface area (Å²) in [5.74, 6) is -3.87. The maximum atomic E-state index is 12.5. The summed E-state index contributed by atoms with van der Waals surface area (Å²) >= 11 is 0.241. The van der Waals surface area contributed by atoms with Crippen molar-refractivity contribution in [1.29, 1.82) is 0 Å². The first-order chi connectivity index (χ1) is 9.99. The minimum Gasteiger partial charge on any atom is -0.369 e. The summed E-state index contributed by atoms with van der Waals surface area (Å²) in [6.07, 6.45) is 2.67. The number of rotatable bonds is 4. The fourth-order valence-electron chi connectivity index (χ4n) is 2.30. The van der Waals surface area contributed by atoms with Crippen LogP contribution in [0, 0.1) is 5.92 Å². The molecule has 2 N–H and O–H groups in total. The quantitative estimate of drug-likeness (QED) is 0.859. The van der Waals surface area contributed by atoms with Crippen LogP contribution in [0.4, 0.5) is 8.78 Å². The zero-order chi connectivity index (χ0) is 15.4. The fraction of sp³-hybridized carbons (Fsp3) is 0.462. The van der Waals surface area contributed by atoms with Crippen LogP contribution in [0.3, 0.4) is 0 Å². The second-order valence-corrected chi connectivity index (χ2v) is 5.71. The molecule has 0 radical (unpaired) electrons. The number of halogens is 2. The van der Waals surface area contributed by atoms with Crippen molar-refractivity contribution in [1.82, 2.24) is 9.88 Å². The number of pyridine rings is 1. The maximum absolute atomic E-state index is 12.5. The Morgan fingerprint density at radius 3 is 2.90 bits per heavy atom. The van der Waals surface area contributed by atoms with Gasteiger partial charge >= 0.3 is 0 Å². The number of carbonyl (C=O) groups excluding carboxylic acids is 2. The largest absolute Gasteiger partial charge is 0.369 e. The Hall–Kier alpha value is -1.70. The predicted octanol–water partition coefficient (Wildman–Crippen LogP) is 1.73. The number of hydrogen-bond donors (Lipinski definition) is 1. The number of amides is 2. The number of nitrogens with two attached hydrogens (primary N) is 1. The Bertz CT molecular complexity index is 542. The minimum absolute atomic E-state index is 0.00121. The van der Waals surface area contributed by atoms with Crippen LogP contribution in [-0.4, -0.2) is 40.5 Å². The Morgan fingerprint density at radius 1 is 1.48 bits per heavy atom. The number of alkyl halides is 2. The van der Waals surface area contributed by atoms with E-state index in [1.807, 2.05) is 0 Å². The van der Waals surface area contributed by atoms with Crippen LogP contribution >= 0.6 is 11.8 Å². The number of aromatic nitrogens is 1. The molecule has 114 valence electrons. The van der Waals surface area contributed by atoms with Crippen LogP contribution in [0.5, 0.6) is 0 Å². The van der Waals surface area contributed by atoms with Gasteiger partial charge in [-0.3, -0.25) is 9.59 Å². The SMILES string of the molecule is NC(=O)C1CCCN(C(=O)c2cccnc2SC(F)F)C1. The summed E-state index contributed by atoms with van der Waals surface area (Å²) in [4.78, 5) is 29.0. The molecule has 1 aromatic rings. The van der Waals surface area contributed by atoms with Crippen molar-refractivity contribution in [2.24, 2.45) is 11.7 Å². The van der Waals surface area contributed by atoms with Gasteiger partial charge in [-0.25, -0.2) is 4.98 Å². The molecule has 2 heterocycles. The number of hydrogen-bond acceptors (Lipinski definition) is 4. The molecule has 1 unspecified atom stereocenters. The molecule has 1 fully saturated rings. The van der Waals surface area contributed by atoms with Gasteiger partial charge in [0, 0.05) is 19.3 Å². The minimum atomic E-state index is -2.65. The van der Waals surface area contributed by atoms with Crippen molar-refractivity contribution in [3.05, 3.63) is 23.9 Å². The summed E-state index contributed by atoms with van der Waals surface area (Å²) in [5.41, 5.74) is 5.40. The molecule has 8 heteroatoms. The molecular formula is C13H15F2N3O2S. The van der Waals surface area contributed by atoms with Gasteiger partial charge in [-0.1, -0.05) is 0 Å². The standard InChI is InChI=1S/C13H15F2N3O2S/c14-13(15)21-11-9(4-1-5-17-11)12(20)18-6-2-3-8(7-18)10(16)19/h1,4-5,8,13H,2-3,6-7H2,(H2,16,19). The van der Waals surface area contributed by atoms with Crippen LogP contribution in [-0.2, 0) is 4.79 Å². The molecule has 5 nitrogen and oxygen atoms in total. The molecule has 0 spiro atoms. The average molecular weight is 315 g/mol. The highest BCUT2D eigenvalue weighted by molar-refractivity contribution is 7.99.